The molecule has 162 valence electrons. The quantitative estimate of drug-likeness (QED) is 0.527. The second-order valence-electron chi connectivity index (χ2n) is 8.32. The number of hydrogen-bond donors (Lipinski definition) is 2. The third-order valence-corrected chi connectivity index (χ3v) is 3.96. The highest BCUT2D eigenvalue weighted by Crippen LogP contribution is 2.11. The number of hydrogen-bond acceptors (Lipinski definition) is 5. The van der Waals surface area contributed by atoms with Crippen LogP contribution >= 0.6 is 11.6 Å². The third kappa shape index (κ3) is 11.1. The molecule has 0 heterocycles. The fraction of sp³-hybridized carbons (Fsp3) is 0.789. The van der Waals surface area contributed by atoms with Crippen LogP contribution in [0.3, 0.4) is 0 Å². The summed E-state index contributed by atoms with van der Waals surface area (Å²) in [5.41, 5.74) is -0.702. The molecule has 3 amide bonds. The second kappa shape index (κ2) is 11.9. The number of rotatable bonds is 10. The average Bonchev–Trinajstić information content (AvgIpc) is 2.54. The Bertz CT molecular complexity index is 558. The van der Waals surface area contributed by atoms with Crippen LogP contribution in [0.5, 0.6) is 0 Å². The largest absolute Gasteiger partial charge is 0.444 e. The van der Waals surface area contributed by atoms with Gasteiger partial charge in [0.25, 0.3) is 0 Å². The van der Waals surface area contributed by atoms with Gasteiger partial charge in [0, 0.05) is 20.5 Å². The summed E-state index contributed by atoms with van der Waals surface area (Å²) in [7, 11) is 3.23. The van der Waals surface area contributed by atoms with Crippen molar-refractivity contribution in [3.63, 3.8) is 0 Å². The maximum Gasteiger partial charge on any atom is 0.408 e. The summed E-state index contributed by atoms with van der Waals surface area (Å²) in [6, 6.07) is -1.77. The van der Waals surface area contributed by atoms with Gasteiger partial charge >= 0.3 is 6.09 Å². The molecule has 0 unspecified atom stereocenters. The molecular formula is C19H34ClN3O5. The van der Waals surface area contributed by atoms with Crippen LogP contribution in [0.25, 0.3) is 0 Å². The SMILES string of the molecule is CC(C)C[C@H](NC(=O)OC(C)(C)C)C(=O)N[C@@H](CCC(=O)N(C)C)C(=O)CCl. The zero-order valence-corrected chi connectivity index (χ0v) is 18.7. The van der Waals surface area contributed by atoms with Crippen molar-refractivity contribution in [3.05, 3.63) is 0 Å². The number of alkyl carbamates (subject to hydrolysis) is 1. The lowest BCUT2D eigenvalue weighted by Gasteiger charge is -2.26. The van der Waals surface area contributed by atoms with Crippen molar-refractivity contribution in [2.24, 2.45) is 5.92 Å². The number of carbonyl (C=O) groups excluding carboxylic acids is 4. The minimum absolute atomic E-state index is 0.0922. The molecule has 0 fully saturated rings. The Hall–Kier alpha value is -1.83. The first-order chi connectivity index (χ1) is 12.8. The predicted molar refractivity (Wildman–Crippen MR) is 108 cm³/mol. The number of amides is 3. The summed E-state index contributed by atoms with van der Waals surface area (Å²) < 4.78 is 5.21. The van der Waals surface area contributed by atoms with Gasteiger partial charge in [-0.05, 0) is 39.5 Å². The van der Waals surface area contributed by atoms with Crippen LogP contribution in [-0.4, -0.2) is 66.3 Å². The number of Topliss-reactive ketones (excluding diaryl/α,β-unsaturated/α-hetero) is 1. The number of carbonyl (C=O) groups is 4. The predicted octanol–water partition coefficient (Wildman–Crippen LogP) is 2.09. The molecule has 2 atom stereocenters. The summed E-state index contributed by atoms with van der Waals surface area (Å²) >= 11 is 5.64. The average molecular weight is 420 g/mol. The van der Waals surface area contributed by atoms with Crippen LogP contribution in [0.2, 0.25) is 0 Å². The summed E-state index contributed by atoms with van der Waals surface area (Å²) in [6.07, 6.45) is -0.121. The molecule has 8 nitrogen and oxygen atoms in total. The van der Waals surface area contributed by atoms with E-state index in [9.17, 15) is 19.2 Å². The van der Waals surface area contributed by atoms with E-state index in [0.717, 1.165) is 0 Å². The molecule has 0 aromatic rings. The lowest BCUT2D eigenvalue weighted by Crippen LogP contribution is -2.53. The fourth-order valence-corrected chi connectivity index (χ4v) is 2.51. The van der Waals surface area contributed by atoms with Crippen LogP contribution in [0.4, 0.5) is 4.79 Å². The van der Waals surface area contributed by atoms with E-state index < -0.39 is 29.7 Å². The van der Waals surface area contributed by atoms with Gasteiger partial charge in [0.1, 0.15) is 11.6 Å². The number of nitrogens with one attached hydrogen (secondary N) is 2. The number of nitrogens with zero attached hydrogens (tertiary/aromatic N) is 1. The van der Waals surface area contributed by atoms with Crippen LogP contribution in [0.1, 0.15) is 53.9 Å². The van der Waals surface area contributed by atoms with Crippen LogP contribution in [-0.2, 0) is 19.1 Å². The molecule has 0 saturated carbocycles. The molecule has 0 saturated heterocycles. The Morgan fingerprint density at radius 2 is 1.61 bits per heavy atom. The fourth-order valence-electron chi connectivity index (χ4n) is 2.32. The Morgan fingerprint density at radius 3 is 2.04 bits per heavy atom. The van der Waals surface area contributed by atoms with Crippen LogP contribution < -0.4 is 10.6 Å². The van der Waals surface area contributed by atoms with E-state index in [1.165, 1.54) is 4.90 Å². The molecule has 0 aliphatic rings. The van der Waals surface area contributed by atoms with Crippen molar-refractivity contribution in [3.8, 4) is 0 Å². The van der Waals surface area contributed by atoms with Crippen molar-refractivity contribution >= 4 is 35.3 Å². The van der Waals surface area contributed by atoms with E-state index in [1.807, 2.05) is 13.8 Å². The molecule has 0 aliphatic heterocycles. The molecule has 0 aromatic heterocycles. The lowest BCUT2D eigenvalue weighted by molar-refractivity contribution is -0.131. The van der Waals surface area contributed by atoms with Crippen molar-refractivity contribution in [2.75, 3.05) is 20.0 Å². The van der Waals surface area contributed by atoms with Crippen molar-refractivity contribution in [2.45, 2.75) is 71.6 Å². The van der Waals surface area contributed by atoms with Gasteiger partial charge in [-0.2, -0.15) is 0 Å². The van der Waals surface area contributed by atoms with Gasteiger partial charge in [0.2, 0.25) is 11.8 Å². The van der Waals surface area contributed by atoms with Gasteiger partial charge in [-0.15, -0.1) is 11.6 Å². The number of alkyl halides is 1. The van der Waals surface area contributed by atoms with Crippen LogP contribution in [0, 0.1) is 5.92 Å². The highest BCUT2D eigenvalue weighted by molar-refractivity contribution is 6.28. The van der Waals surface area contributed by atoms with Gasteiger partial charge in [0.05, 0.1) is 11.9 Å². The van der Waals surface area contributed by atoms with E-state index in [1.54, 1.807) is 34.9 Å². The minimum Gasteiger partial charge on any atom is -0.444 e. The molecule has 0 bridgehead atoms. The maximum absolute atomic E-state index is 12.7. The number of halogens is 1. The zero-order valence-electron chi connectivity index (χ0n) is 17.9. The van der Waals surface area contributed by atoms with Gasteiger partial charge in [-0.1, -0.05) is 13.8 Å². The van der Waals surface area contributed by atoms with Gasteiger partial charge in [-0.3, -0.25) is 14.4 Å². The normalized spacial score (nSPS) is 13.5. The second-order valence-corrected chi connectivity index (χ2v) is 8.58. The number of ether oxygens (including phenoxy) is 1. The van der Waals surface area contributed by atoms with Gasteiger partial charge in [0.15, 0.2) is 5.78 Å². The highest BCUT2D eigenvalue weighted by Gasteiger charge is 2.29. The van der Waals surface area contributed by atoms with E-state index in [-0.39, 0.29) is 36.3 Å². The first kappa shape index (κ1) is 26.2. The Kier molecular flexibility index (Phi) is 11.1. The number of ketones is 1. The highest BCUT2D eigenvalue weighted by atomic mass is 35.5. The molecule has 0 spiro atoms. The third-order valence-electron chi connectivity index (χ3n) is 3.70. The topological polar surface area (TPSA) is 105 Å². The lowest BCUT2D eigenvalue weighted by atomic mass is 10.0. The monoisotopic (exact) mass is 419 g/mol. The Morgan fingerprint density at radius 1 is 1.04 bits per heavy atom. The Balaban J connectivity index is 5.16. The summed E-state index contributed by atoms with van der Waals surface area (Å²) in [5.74, 6) is -1.23. The van der Waals surface area contributed by atoms with E-state index >= 15 is 0 Å². The zero-order chi connectivity index (χ0) is 22.1. The molecule has 0 aromatic carbocycles. The molecule has 0 radical (unpaired) electrons. The van der Waals surface area contributed by atoms with E-state index in [2.05, 4.69) is 10.6 Å². The van der Waals surface area contributed by atoms with Crippen LogP contribution in [0.15, 0.2) is 0 Å². The van der Waals surface area contributed by atoms with Gasteiger partial charge in [-0.25, -0.2) is 4.79 Å². The summed E-state index contributed by atoms with van der Waals surface area (Å²) in [6.45, 7) is 8.99. The molecular weight excluding hydrogens is 386 g/mol. The van der Waals surface area contributed by atoms with E-state index in [4.69, 9.17) is 16.3 Å². The van der Waals surface area contributed by atoms with E-state index in [0.29, 0.717) is 6.42 Å². The maximum atomic E-state index is 12.7. The van der Waals surface area contributed by atoms with Crippen molar-refractivity contribution in [1.29, 1.82) is 0 Å². The first-order valence-electron chi connectivity index (χ1n) is 9.35. The van der Waals surface area contributed by atoms with Gasteiger partial charge < -0.3 is 20.3 Å². The Labute approximate surface area is 172 Å². The summed E-state index contributed by atoms with van der Waals surface area (Å²) in [5, 5.41) is 5.18. The smallest absolute Gasteiger partial charge is 0.408 e. The molecule has 9 heteroatoms. The molecule has 28 heavy (non-hydrogen) atoms. The van der Waals surface area contributed by atoms with Crippen molar-refractivity contribution < 1.29 is 23.9 Å². The summed E-state index contributed by atoms with van der Waals surface area (Å²) in [4.78, 5) is 50.1. The minimum atomic E-state index is -0.899. The first-order valence-corrected chi connectivity index (χ1v) is 9.89. The van der Waals surface area contributed by atoms with Crippen molar-refractivity contribution in [1.82, 2.24) is 15.5 Å². The standard InChI is InChI=1S/C19H34ClN3O5/c1-12(2)10-14(22-18(27)28-19(3,4)5)17(26)21-13(15(24)11-20)8-9-16(25)23(6)7/h12-14H,8-11H2,1-7H3,(H,21,26)(H,22,27)/t13-,14-/m0/s1. The molecule has 0 aliphatic carbocycles. The molecule has 2 N–H and O–H groups in total. The molecule has 0 rings (SSSR count).